The van der Waals surface area contributed by atoms with Crippen LogP contribution in [0.3, 0.4) is 0 Å². The van der Waals surface area contributed by atoms with Gasteiger partial charge in [0.15, 0.2) is 0 Å². The van der Waals surface area contributed by atoms with Crippen LogP contribution in [-0.4, -0.2) is 25.5 Å². The molecule has 1 aliphatic carbocycles. The molecule has 0 fully saturated rings. The predicted octanol–water partition coefficient (Wildman–Crippen LogP) is 2.52. The minimum atomic E-state index is -3.72. The Kier molecular flexibility index (Phi) is 4.68. The van der Waals surface area contributed by atoms with E-state index >= 15 is 0 Å². The number of carboxylic acid groups (broad SMARTS) is 1. The number of rotatable bonds is 4. The molecule has 2 rings (SSSR count). The smallest absolute Gasteiger partial charge is 0.310 e. The maximum absolute atomic E-state index is 12.3. The zero-order valence-electron chi connectivity index (χ0n) is 10.1. The summed E-state index contributed by atoms with van der Waals surface area (Å²) in [4.78, 5) is 10.9. The molecular weight excluding hydrogens is 414 g/mol. The number of hydrogen-bond donors (Lipinski definition) is 2. The van der Waals surface area contributed by atoms with Gasteiger partial charge in [-0.2, -0.15) is 0 Å². The Balaban J connectivity index is 2.19. The van der Waals surface area contributed by atoms with Gasteiger partial charge >= 0.3 is 5.97 Å². The molecule has 1 aromatic carbocycles. The molecule has 0 spiro atoms. The molecule has 1 aromatic rings. The van der Waals surface area contributed by atoms with E-state index in [0.717, 1.165) is 0 Å². The van der Waals surface area contributed by atoms with E-state index in [1.807, 2.05) is 0 Å². The first kappa shape index (κ1) is 15.7. The van der Waals surface area contributed by atoms with Crippen LogP contribution in [-0.2, 0) is 14.8 Å². The molecule has 1 aliphatic rings. The Bertz CT molecular complexity index is 672. The average molecular weight is 425 g/mol. The third-order valence-corrected chi connectivity index (χ3v) is 5.87. The van der Waals surface area contributed by atoms with Gasteiger partial charge in [-0.1, -0.05) is 28.1 Å². The second-order valence-electron chi connectivity index (χ2n) is 4.37. The van der Waals surface area contributed by atoms with Crippen LogP contribution in [0.4, 0.5) is 0 Å². The van der Waals surface area contributed by atoms with Gasteiger partial charge in [0, 0.05) is 15.0 Å². The number of halogens is 2. The summed E-state index contributed by atoms with van der Waals surface area (Å²) in [6.07, 6.45) is 3.30. The van der Waals surface area contributed by atoms with E-state index in [0.29, 0.717) is 8.95 Å². The van der Waals surface area contributed by atoms with Crippen LogP contribution in [0.1, 0.15) is 6.42 Å². The Hall–Kier alpha value is -0.700. The zero-order valence-corrected chi connectivity index (χ0v) is 14.1. The molecule has 20 heavy (non-hydrogen) atoms. The largest absolute Gasteiger partial charge is 0.481 e. The van der Waals surface area contributed by atoms with E-state index in [4.69, 9.17) is 5.11 Å². The van der Waals surface area contributed by atoms with Gasteiger partial charge in [0.25, 0.3) is 0 Å². The van der Waals surface area contributed by atoms with Gasteiger partial charge in [-0.05, 0) is 40.5 Å². The normalized spacial score (nSPS) is 22.1. The summed E-state index contributed by atoms with van der Waals surface area (Å²) in [5.41, 5.74) is 0. The van der Waals surface area contributed by atoms with E-state index in [1.54, 1.807) is 18.2 Å². The minimum Gasteiger partial charge on any atom is -0.481 e. The molecule has 2 atom stereocenters. The Morgan fingerprint density at radius 3 is 2.60 bits per heavy atom. The number of carbonyl (C=O) groups is 1. The fraction of sp³-hybridized carbons (Fsp3) is 0.250. The van der Waals surface area contributed by atoms with Gasteiger partial charge in [-0.25, -0.2) is 13.1 Å². The van der Waals surface area contributed by atoms with Crippen molar-refractivity contribution in [2.45, 2.75) is 17.4 Å². The lowest BCUT2D eigenvalue weighted by Gasteiger charge is -2.14. The van der Waals surface area contributed by atoms with E-state index < -0.39 is 28.0 Å². The van der Waals surface area contributed by atoms with Crippen LogP contribution in [0.25, 0.3) is 0 Å². The summed E-state index contributed by atoms with van der Waals surface area (Å²) in [5, 5.41) is 8.88. The number of aliphatic carboxylic acids is 1. The van der Waals surface area contributed by atoms with Gasteiger partial charge in [0.2, 0.25) is 10.0 Å². The summed E-state index contributed by atoms with van der Waals surface area (Å²) >= 11 is 6.42. The highest BCUT2D eigenvalue weighted by atomic mass is 79.9. The molecule has 0 bridgehead atoms. The quantitative estimate of drug-likeness (QED) is 0.727. The highest BCUT2D eigenvalue weighted by molar-refractivity contribution is 9.11. The SMILES string of the molecule is O=C(O)C1C=CC(NS(=O)(=O)c2cc(Br)ccc2Br)C1. The van der Waals surface area contributed by atoms with E-state index in [9.17, 15) is 13.2 Å². The lowest BCUT2D eigenvalue weighted by Crippen LogP contribution is -2.33. The number of sulfonamides is 1. The van der Waals surface area contributed by atoms with Crippen LogP contribution in [0.5, 0.6) is 0 Å². The van der Waals surface area contributed by atoms with Crippen LogP contribution in [0.15, 0.2) is 44.2 Å². The third-order valence-electron chi connectivity index (χ3n) is 2.89. The highest BCUT2D eigenvalue weighted by Gasteiger charge is 2.28. The van der Waals surface area contributed by atoms with Crippen molar-refractivity contribution in [3.63, 3.8) is 0 Å². The molecule has 0 aromatic heterocycles. The summed E-state index contributed by atoms with van der Waals surface area (Å²) in [6.45, 7) is 0. The van der Waals surface area contributed by atoms with Crippen LogP contribution in [0.2, 0.25) is 0 Å². The molecule has 5 nitrogen and oxygen atoms in total. The second-order valence-corrected chi connectivity index (χ2v) is 7.82. The average Bonchev–Trinajstić information content (AvgIpc) is 2.80. The molecular formula is C12H11Br2NO4S. The fourth-order valence-electron chi connectivity index (χ4n) is 1.92. The molecule has 0 aliphatic heterocycles. The summed E-state index contributed by atoms with van der Waals surface area (Å²) in [6, 6.07) is 4.33. The second kappa shape index (κ2) is 5.97. The lowest BCUT2D eigenvalue weighted by atomic mass is 10.1. The van der Waals surface area contributed by atoms with Crippen molar-refractivity contribution in [3.05, 3.63) is 39.3 Å². The number of hydrogen-bond acceptors (Lipinski definition) is 3. The first-order valence-corrected chi connectivity index (χ1v) is 8.75. The summed E-state index contributed by atoms with van der Waals surface area (Å²) < 4.78 is 28.2. The van der Waals surface area contributed by atoms with Gasteiger partial charge in [-0.15, -0.1) is 0 Å². The molecule has 0 amide bonds. The Morgan fingerprint density at radius 2 is 2.00 bits per heavy atom. The van der Waals surface area contributed by atoms with Crippen molar-refractivity contribution in [1.82, 2.24) is 4.72 Å². The van der Waals surface area contributed by atoms with Gasteiger partial charge in [0.05, 0.1) is 10.8 Å². The third kappa shape index (κ3) is 3.49. The van der Waals surface area contributed by atoms with Crippen molar-refractivity contribution < 1.29 is 18.3 Å². The standard InChI is InChI=1S/C12H11Br2NO4S/c13-8-2-4-10(14)11(6-8)20(18,19)15-9-3-1-7(5-9)12(16)17/h1-4,6-7,9,15H,5H2,(H,16,17). The van der Waals surface area contributed by atoms with E-state index in [-0.39, 0.29) is 11.3 Å². The first-order valence-electron chi connectivity index (χ1n) is 5.68. The maximum Gasteiger partial charge on any atom is 0.310 e. The first-order chi connectivity index (χ1) is 9.29. The zero-order chi connectivity index (χ0) is 14.9. The molecule has 108 valence electrons. The number of nitrogens with one attached hydrogen (secondary N) is 1. The Morgan fingerprint density at radius 1 is 1.30 bits per heavy atom. The van der Waals surface area contributed by atoms with Crippen molar-refractivity contribution in [1.29, 1.82) is 0 Å². The molecule has 8 heteroatoms. The molecule has 0 heterocycles. The van der Waals surface area contributed by atoms with Gasteiger partial charge < -0.3 is 5.11 Å². The van der Waals surface area contributed by atoms with Crippen molar-refractivity contribution >= 4 is 47.9 Å². The minimum absolute atomic E-state index is 0.110. The van der Waals surface area contributed by atoms with E-state index in [1.165, 1.54) is 12.1 Å². The topological polar surface area (TPSA) is 83.5 Å². The molecule has 0 saturated carbocycles. The molecule has 2 N–H and O–H groups in total. The van der Waals surface area contributed by atoms with Crippen LogP contribution >= 0.6 is 31.9 Å². The lowest BCUT2D eigenvalue weighted by molar-refractivity contribution is -0.140. The number of carboxylic acids is 1. The molecule has 2 unspecified atom stereocenters. The van der Waals surface area contributed by atoms with Crippen LogP contribution in [0, 0.1) is 5.92 Å². The molecule has 0 saturated heterocycles. The van der Waals surface area contributed by atoms with Gasteiger partial charge in [-0.3, -0.25) is 4.79 Å². The van der Waals surface area contributed by atoms with Crippen molar-refractivity contribution in [3.8, 4) is 0 Å². The predicted molar refractivity (Wildman–Crippen MR) is 80.8 cm³/mol. The van der Waals surface area contributed by atoms with Crippen molar-refractivity contribution in [2.24, 2.45) is 5.92 Å². The summed E-state index contributed by atoms with van der Waals surface area (Å²) in [7, 11) is -3.72. The van der Waals surface area contributed by atoms with Crippen LogP contribution < -0.4 is 4.72 Å². The fourth-order valence-corrected chi connectivity index (χ4v) is 4.62. The van der Waals surface area contributed by atoms with Gasteiger partial charge in [0.1, 0.15) is 0 Å². The maximum atomic E-state index is 12.3. The Labute approximate surface area is 133 Å². The van der Waals surface area contributed by atoms with Crippen molar-refractivity contribution in [2.75, 3.05) is 0 Å². The van der Waals surface area contributed by atoms with E-state index in [2.05, 4.69) is 36.6 Å². The monoisotopic (exact) mass is 423 g/mol. The number of benzene rings is 1. The highest BCUT2D eigenvalue weighted by Crippen LogP contribution is 2.27. The molecule has 0 radical (unpaired) electrons. The summed E-state index contributed by atoms with van der Waals surface area (Å²) in [5.74, 6) is -1.60.